The number of nitrogens with one attached hydrogen (secondary N) is 2. The topological polar surface area (TPSA) is 78.4 Å². The Labute approximate surface area is 160 Å². The van der Waals surface area contributed by atoms with E-state index in [0.717, 1.165) is 0 Å². The molecule has 0 aliphatic heterocycles. The molecule has 1 aromatic carbocycles. The predicted octanol–water partition coefficient (Wildman–Crippen LogP) is 2.47. The van der Waals surface area contributed by atoms with Crippen LogP contribution in [0.3, 0.4) is 0 Å². The highest BCUT2D eigenvalue weighted by Crippen LogP contribution is 2.19. The van der Waals surface area contributed by atoms with Gasteiger partial charge >= 0.3 is 0 Å². The summed E-state index contributed by atoms with van der Waals surface area (Å²) in [5, 5.41) is 14.9. The number of aliphatic hydroxyl groups excluding tert-OH is 1. The van der Waals surface area contributed by atoms with E-state index in [-0.39, 0.29) is 18.9 Å². The number of rotatable bonds is 10. The van der Waals surface area contributed by atoms with Gasteiger partial charge in [-0.15, -0.1) is 0 Å². The van der Waals surface area contributed by atoms with E-state index in [1.54, 1.807) is 30.3 Å². The first-order chi connectivity index (χ1) is 12.4. The summed E-state index contributed by atoms with van der Waals surface area (Å²) in [7, 11) is 0. The average molecular weight is 409 g/mol. The summed E-state index contributed by atoms with van der Waals surface area (Å²) in [4.78, 5) is 21.6. The molecule has 0 radical (unpaired) electrons. The molecule has 3 N–H and O–H groups in total. The van der Waals surface area contributed by atoms with Gasteiger partial charge in [0.05, 0.1) is 12.7 Å². The Bertz CT molecular complexity index is 613. The molecule has 26 heavy (non-hydrogen) atoms. The van der Waals surface area contributed by atoms with Crippen LogP contribution >= 0.6 is 23.2 Å². The summed E-state index contributed by atoms with van der Waals surface area (Å²) in [5.74, 6) is -1.15. The molecule has 0 aliphatic carbocycles. The lowest BCUT2D eigenvalue weighted by molar-refractivity contribution is -0.121. The van der Waals surface area contributed by atoms with Crippen molar-refractivity contribution in [2.45, 2.75) is 23.4 Å². The van der Waals surface area contributed by atoms with Gasteiger partial charge in [0, 0.05) is 12.6 Å². The monoisotopic (exact) mass is 408 g/mol. The number of carbonyl (C=O) groups is 2. The second-order valence-corrected chi connectivity index (χ2v) is 6.44. The number of hydrogen-bond donors (Lipinski definition) is 3. The molecule has 0 saturated carbocycles. The summed E-state index contributed by atoms with van der Waals surface area (Å²) >= 11 is 10.8. The fourth-order valence-electron chi connectivity index (χ4n) is 1.99. The van der Waals surface area contributed by atoms with Crippen LogP contribution in [0.4, 0.5) is 8.78 Å². The number of amides is 2. The van der Waals surface area contributed by atoms with Crippen LogP contribution < -0.4 is 10.6 Å². The van der Waals surface area contributed by atoms with Crippen molar-refractivity contribution < 1.29 is 23.5 Å². The van der Waals surface area contributed by atoms with Gasteiger partial charge < -0.3 is 15.7 Å². The Hall–Kier alpha value is -1.70. The number of carbonyl (C=O) groups excluding carboxylic acids is 2. The molecular weight excluding hydrogens is 389 g/mol. The predicted molar refractivity (Wildman–Crippen MR) is 97.4 cm³/mol. The van der Waals surface area contributed by atoms with Crippen molar-refractivity contribution in [3.8, 4) is 0 Å². The highest BCUT2D eigenvalue weighted by atomic mass is 35.5. The van der Waals surface area contributed by atoms with E-state index in [1.165, 1.54) is 6.08 Å². The van der Waals surface area contributed by atoms with Crippen molar-refractivity contribution in [3.05, 3.63) is 41.5 Å². The first-order valence-corrected chi connectivity index (χ1v) is 8.70. The van der Waals surface area contributed by atoms with E-state index in [0.29, 0.717) is 11.1 Å². The van der Waals surface area contributed by atoms with Crippen LogP contribution in [-0.4, -0.2) is 47.7 Å². The fourth-order valence-corrected chi connectivity index (χ4v) is 2.12. The molecule has 9 heteroatoms. The number of hydrogen-bond acceptors (Lipinski definition) is 3. The maximum Gasteiger partial charge on any atom is 0.253 e. The van der Waals surface area contributed by atoms with Crippen LogP contribution in [0.5, 0.6) is 0 Å². The van der Waals surface area contributed by atoms with Gasteiger partial charge in [-0.3, -0.25) is 14.0 Å². The van der Waals surface area contributed by atoms with Gasteiger partial charge in [0.2, 0.25) is 5.91 Å². The van der Waals surface area contributed by atoms with Crippen LogP contribution in [0.2, 0.25) is 0 Å². The molecule has 0 heterocycles. The highest BCUT2D eigenvalue weighted by Gasteiger charge is 2.25. The van der Waals surface area contributed by atoms with E-state index in [4.69, 9.17) is 23.2 Å². The van der Waals surface area contributed by atoms with Crippen molar-refractivity contribution in [1.29, 1.82) is 0 Å². The van der Waals surface area contributed by atoms with Crippen LogP contribution in [0.1, 0.15) is 23.7 Å². The van der Waals surface area contributed by atoms with Crippen molar-refractivity contribution in [1.82, 2.24) is 10.6 Å². The largest absolute Gasteiger partial charge is 0.386 e. The third-order valence-corrected chi connectivity index (χ3v) is 3.78. The number of alkyl halides is 4. The summed E-state index contributed by atoms with van der Waals surface area (Å²) in [6.07, 6.45) is 1.81. The van der Waals surface area contributed by atoms with Crippen LogP contribution in [0, 0.1) is 0 Å². The van der Waals surface area contributed by atoms with Crippen LogP contribution in [0.15, 0.2) is 30.3 Å². The highest BCUT2D eigenvalue weighted by molar-refractivity contribution is 6.53. The maximum absolute atomic E-state index is 13.1. The molecule has 0 aliphatic rings. The molecule has 2 amide bonds. The third-order valence-electron chi connectivity index (χ3n) is 3.39. The normalized spacial score (nSPS) is 13.6. The van der Waals surface area contributed by atoms with Gasteiger partial charge in [0.15, 0.2) is 4.84 Å². The SMILES string of the molecule is O=C(/C=C/c1ccc([C@@H](O)[C@@H](CF)NC(=O)C(Cl)Cl)cc1)NCCCF. The van der Waals surface area contributed by atoms with Crippen molar-refractivity contribution >= 4 is 41.1 Å². The van der Waals surface area contributed by atoms with E-state index in [9.17, 15) is 23.5 Å². The van der Waals surface area contributed by atoms with Gasteiger partial charge in [0.1, 0.15) is 12.8 Å². The van der Waals surface area contributed by atoms with Gasteiger partial charge in [-0.1, -0.05) is 47.5 Å². The zero-order valence-corrected chi connectivity index (χ0v) is 15.3. The quantitative estimate of drug-likeness (QED) is 0.316. The molecule has 2 atom stereocenters. The molecule has 5 nitrogen and oxygen atoms in total. The second-order valence-electron chi connectivity index (χ2n) is 5.35. The molecule has 144 valence electrons. The van der Waals surface area contributed by atoms with Gasteiger partial charge in [-0.25, -0.2) is 4.39 Å². The Morgan fingerprint density at radius 3 is 2.38 bits per heavy atom. The lowest BCUT2D eigenvalue weighted by Crippen LogP contribution is -2.43. The first-order valence-electron chi connectivity index (χ1n) is 7.83. The van der Waals surface area contributed by atoms with Crippen LogP contribution in [0.25, 0.3) is 6.08 Å². The molecule has 1 aromatic rings. The molecule has 0 saturated heterocycles. The molecule has 0 spiro atoms. The van der Waals surface area contributed by atoms with Gasteiger partial charge in [-0.05, 0) is 23.6 Å². The summed E-state index contributed by atoms with van der Waals surface area (Å²) in [5.41, 5.74) is 1.04. The summed E-state index contributed by atoms with van der Waals surface area (Å²) in [6.45, 7) is -1.24. The Morgan fingerprint density at radius 1 is 1.19 bits per heavy atom. The maximum atomic E-state index is 13.1. The van der Waals surface area contributed by atoms with Gasteiger partial charge in [0.25, 0.3) is 5.91 Å². The standard InChI is InChI=1S/C17H20Cl2F2N2O3/c18-16(19)17(26)23-13(10-21)15(25)12-5-2-11(3-6-12)4-7-14(24)22-9-1-8-20/h2-7,13,15-16,25H,1,8-10H2,(H,22,24)(H,23,26)/b7-4+/t13-,15-/m1/s1. The second kappa shape index (κ2) is 11.8. The third kappa shape index (κ3) is 7.68. The lowest BCUT2D eigenvalue weighted by atomic mass is 10.0. The molecule has 0 fully saturated rings. The minimum Gasteiger partial charge on any atom is -0.386 e. The Kier molecular flexibility index (Phi) is 10.2. The molecule has 0 bridgehead atoms. The minimum atomic E-state index is -1.36. The summed E-state index contributed by atoms with van der Waals surface area (Å²) in [6, 6.07) is 5.13. The molecular formula is C17H20Cl2F2N2O3. The lowest BCUT2D eigenvalue weighted by Gasteiger charge is -2.22. The molecule has 0 aromatic heterocycles. The van der Waals surface area contributed by atoms with Crippen molar-refractivity contribution in [2.24, 2.45) is 0 Å². The zero-order chi connectivity index (χ0) is 19.5. The van der Waals surface area contributed by atoms with E-state index < -0.39 is 36.2 Å². The first kappa shape index (κ1) is 22.3. The average Bonchev–Trinajstić information content (AvgIpc) is 2.64. The number of halogens is 4. The van der Waals surface area contributed by atoms with Crippen molar-refractivity contribution in [3.63, 3.8) is 0 Å². The smallest absolute Gasteiger partial charge is 0.253 e. The Morgan fingerprint density at radius 2 is 1.85 bits per heavy atom. The Balaban J connectivity index is 2.67. The summed E-state index contributed by atoms with van der Waals surface area (Å²) < 4.78 is 25.0. The van der Waals surface area contributed by atoms with E-state index in [2.05, 4.69) is 10.6 Å². The van der Waals surface area contributed by atoms with Crippen LogP contribution in [-0.2, 0) is 9.59 Å². The zero-order valence-electron chi connectivity index (χ0n) is 13.8. The molecule has 1 rings (SSSR count). The van der Waals surface area contributed by atoms with E-state index in [1.807, 2.05) is 0 Å². The fraction of sp³-hybridized carbons (Fsp3) is 0.412. The number of benzene rings is 1. The number of aliphatic hydroxyl groups is 1. The minimum absolute atomic E-state index is 0.257. The molecule has 0 unspecified atom stereocenters. The van der Waals surface area contributed by atoms with Gasteiger partial charge in [-0.2, -0.15) is 0 Å². The van der Waals surface area contributed by atoms with Crippen molar-refractivity contribution in [2.75, 3.05) is 19.9 Å². The van der Waals surface area contributed by atoms with E-state index >= 15 is 0 Å².